The number of aliphatic hydroxyl groups excluding tert-OH is 1. The van der Waals surface area contributed by atoms with Gasteiger partial charge in [-0.15, -0.1) is 6.42 Å². The summed E-state index contributed by atoms with van der Waals surface area (Å²) < 4.78 is 13.3. The van der Waals surface area contributed by atoms with Crippen molar-refractivity contribution in [3.05, 3.63) is 65.3 Å². The fourth-order valence-corrected chi connectivity index (χ4v) is 2.68. The smallest absolute Gasteiger partial charge is 0.322 e. The number of carbonyl (C=O) groups is 2. The van der Waals surface area contributed by atoms with Crippen molar-refractivity contribution in [1.82, 2.24) is 10.3 Å². The summed E-state index contributed by atoms with van der Waals surface area (Å²) in [6.45, 7) is 4.85. The fourth-order valence-electron chi connectivity index (χ4n) is 2.68. The van der Waals surface area contributed by atoms with Crippen molar-refractivity contribution in [1.29, 1.82) is 0 Å². The third-order valence-electron chi connectivity index (χ3n) is 4.45. The summed E-state index contributed by atoms with van der Waals surface area (Å²) in [7, 11) is 1.75. The number of carboxylic acid groups (broad SMARTS) is 1. The Kier molecular flexibility index (Phi) is 10.7. The standard InChI is InChI=1S/C22H19FN2O4.C3H7N/c1-4-13(3)20-17(14-6-8-15(23)9-7-14)10-24-11-18(20)21(28)16(5-2)22(29)25-12-19(26)27;1-3-4-2/h2,4,6-11,28H,12H2,1,3H3,(H,25,29)(H,26,27);3H,1-2H3/b13-4-,21-16-;. The van der Waals surface area contributed by atoms with Gasteiger partial charge in [0.2, 0.25) is 0 Å². The molecular weight excluding hydrogens is 425 g/mol. The number of benzene rings is 1. The van der Waals surface area contributed by atoms with Crippen LogP contribution in [0.1, 0.15) is 31.9 Å². The Balaban J connectivity index is 0.00000125. The maximum atomic E-state index is 13.3. The zero-order chi connectivity index (χ0) is 25.0. The van der Waals surface area contributed by atoms with E-state index < -0.39 is 35.6 Å². The van der Waals surface area contributed by atoms with Crippen LogP contribution in [0.3, 0.4) is 0 Å². The molecule has 3 N–H and O–H groups in total. The Morgan fingerprint density at radius 1 is 1.21 bits per heavy atom. The first-order valence-corrected chi connectivity index (χ1v) is 9.85. The maximum Gasteiger partial charge on any atom is 0.322 e. The predicted molar refractivity (Wildman–Crippen MR) is 128 cm³/mol. The van der Waals surface area contributed by atoms with Crippen molar-refractivity contribution in [2.75, 3.05) is 13.6 Å². The average Bonchev–Trinajstić information content (AvgIpc) is 2.82. The number of aromatic nitrogens is 1. The molecule has 0 aliphatic carbocycles. The van der Waals surface area contributed by atoms with Crippen LogP contribution in [0.4, 0.5) is 4.39 Å². The molecule has 1 aromatic heterocycles. The van der Waals surface area contributed by atoms with Crippen LogP contribution in [0.25, 0.3) is 22.5 Å². The highest BCUT2D eigenvalue weighted by molar-refractivity contribution is 6.05. The SMILES string of the molecule is C#C/C(C(=O)NCC(=O)O)=C(/O)c1cncc(-c2ccc(F)cc2)c1/C(C)=C\C.CC=NC. The van der Waals surface area contributed by atoms with Gasteiger partial charge in [0.25, 0.3) is 5.91 Å². The summed E-state index contributed by atoms with van der Waals surface area (Å²) in [6, 6.07) is 5.76. The quantitative estimate of drug-likeness (QED) is 0.265. The fraction of sp³-hybridized carbons (Fsp3) is 0.200. The zero-order valence-electron chi connectivity index (χ0n) is 18.9. The third-order valence-corrected chi connectivity index (χ3v) is 4.45. The van der Waals surface area contributed by atoms with Gasteiger partial charge in [-0.2, -0.15) is 0 Å². The lowest BCUT2D eigenvalue weighted by Crippen LogP contribution is -2.30. The third kappa shape index (κ3) is 7.43. The first-order valence-electron chi connectivity index (χ1n) is 9.85. The molecule has 1 amide bonds. The van der Waals surface area contributed by atoms with Crippen molar-refractivity contribution in [2.24, 2.45) is 4.99 Å². The maximum absolute atomic E-state index is 13.3. The van der Waals surface area contributed by atoms with Crippen molar-refractivity contribution in [3.8, 4) is 23.5 Å². The van der Waals surface area contributed by atoms with E-state index in [4.69, 9.17) is 11.5 Å². The highest BCUT2D eigenvalue weighted by atomic mass is 19.1. The Bertz CT molecular complexity index is 1120. The lowest BCUT2D eigenvalue weighted by molar-refractivity contribution is -0.137. The molecule has 33 heavy (non-hydrogen) atoms. The number of pyridine rings is 1. The highest BCUT2D eigenvalue weighted by Gasteiger charge is 2.21. The largest absolute Gasteiger partial charge is 0.506 e. The molecule has 7 nitrogen and oxygen atoms in total. The second kappa shape index (κ2) is 13.2. The second-order valence-corrected chi connectivity index (χ2v) is 6.55. The van der Waals surface area contributed by atoms with E-state index in [-0.39, 0.29) is 5.56 Å². The summed E-state index contributed by atoms with van der Waals surface area (Å²) in [5, 5.41) is 21.6. The molecule has 0 bridgehead atoms. The number of aliphatic imine (C=N–C) groups is 1. The van der Waals surface area contributed by atoms with Gasteiger partial charge in [0.15, 0.2) is 0 Å². The molecule has 1 heterocycles. The number of amides is 1. The van der Waals surface area contributed by atoms with Gasteiger partial charge in [-0.05, 0) is 55.8 Å². The summed E-state index contributed by atoms with van der Waals surface area (Å²) >= 11 is 0. The van der Waals surface area contributed by atoms with Gasteiger partial charge in [-0.1, -0.05) is 24.1 Å². The van der Waals surface area contributed by atoms with Crippen molar-refractivity contribution in [3.63, 3.8) is 0 Å². The molecule has 0 aliphatic heterocycles. The summed E-state index contributed by atoms with van der Waals surface area (Å²) in [4.78, 5) is 30.6. The Morgan fingerprint density at radius 3 is 2.30 bits per heavy atom. The van der Waals surface area contributed by atoms with E-state index in [1.165, 1.54) is 18.3 Å². The first-order chi connectivity index (χ1) is 15.7. The molecule has 0 spiro atoms. The zero-order valence-corrected chi connectivity index (χ0v) is 18.9. The molecule has 172 valence electrons. The molecule has 0 atom stereocenters. The van der Waals surface area contributed by atoms with Crippen LogP contribution in [0, 0.1) is 18.2 Å². The molecule has 0 saturated carbocycles. The van der Waals surface area contributed by atoms with Crippen molar-refractivity contribution in [2.45, 2.75) is 20.8 Å². The topological polar surface area (TPSA) is 112 Å². The summed E-state index contributed by atoms with van der Waals surface area (Å²) in [5.41, 5.74) is 2.35. The summed E-state index contributed by atoms with van der Waals surface area (Å²) in [6.07, 6.45) is 11.9. The Morgan fingerprint density at radius 2 is 1.82 bits per heavy atom. The monoisotopic (exact) mass is 451 g/mol. The van der Waals surface area contributed by atoms with E-state index in [2.05, 4.69) is 21.2 Å². The number of carboxylic acids is 1. The molecule has 0 fully saturated rings. The lowest BCUT2D eigenvalue weighted by Gasteiger charge is -2.16. The van der Waals surface area contributed by atoms with Gasteiger partial charge in [0.05, 0.1) is 0 Å². The summed E-state index contributed by atoms with van der Waals surface area (Å²) in [5.74, 6) is -0.952. The normalized spacial score (nSPS) is 11.7. The van der Waals surface area contributed by atoms with Crippen LogP contribution in [0.5, 0.6) is 0 Å². The Labute approximate surface area is 192 Å². The number of hydrogen-bond acceptors (Lipinski definition) is 5. The number of nitrogens with one attached hydrogen (secondary N) is 1. The van der Waals surface area contributed by atoms with E-state index in [1.807, 2.05) is 6.92 Å². The molecule has 2 rings (SSSR count). The van der Waals surface area contributed by atoms with Gasteiger partial charge in [-0.25, -0.2) is 4.39 Å². The van der Waals surface area contributed by atoms with Crippen LogP contribution in [0.2, 0.25) is 0 Å². The molecule has 2 aromatic rings. The van der Waals surface area contributed by atoms with Crippen LogP contribution < -0.4 is 5.32 Å². The van der Waals surface area contributed by atoms with E-state index in [1.54, 1.807) is 51.5 Å². The van der Waals surface area contributed by atoms with E-state index in [9.17, 15) is 19.1 Å². The molecular formula is C25H26FN3O4. The number of halogens is 1. The van der Waals surface area contributed by atoms with Gasteiger partial charge >= 0.3 is 5.97 Å². The number of hydrogen-bond donors (Lipinski definition) is 3. The first kappa shape index (κ1) is 26.8. The van der Waals surface area contributed by atoms with Gasteiger partial charge < -0.3 is 20.5 Å². The molecule has 8 heteroatoms. The van der Waals surface area contributed by atoms with Crippen molar-refractivity contribution >= 4 is 29.4 Å². The number of nitrogens with zero attached hydrogens (tertiary/aromatic N) is 2. The molecule has 0 aliphatic rings. The number of aliphatic carboxylic acids is 1. The highest BCUT2D eigenvalue weighted by Crippen LogP contribution is 2.34. The minimum atomic E-state index is -1.25. The number of aliphatic hydroxyl groups is 1. The van der Waals surface area contributed by atoms with Crippen LogP contribution in [-0.4, -0.2) is 46.9 Å². The molecule has 0 radical (unpaired) electrons. The number of carbonyl (C=O) groups excluding carboxylic acids is 1. The van der Waals surface area contributed by atoms with Crippen LogP contribution >= 0.6 is 0 Å². The minimum Gasteiger partial charge on any atom is -0.506 e. The average molecular weight is 451 g/mol. The van der Waals surface area contributed by atoms with E-state index in [0.717, 1.165) is 5.57 Å². The lowest BCUT2D eigenvalue weighted by atomic mass is 9.91. The molecule has 0 unspecified atom stereocenters. The van der Waals surface area contributed by atoms with Gasteiger partial charge in [0.1, 0.15) is 23.7 Å². The number of rotatable bonds is 6. The van der Waals surface area contributed by atoms with Crippen molar-refractivity contribution < 1.29 is 24.2 Å². The number of allylic oxidation sites excluding steroid dienone is 2. The second-order valence-electron chi connectivity index (χ2n) is 6.55. The Hall–Kier alpha value is -4.25. The van der Waals surface area contributed by atoms with E-state index in [0.29, 0.717) is 16.7 Å². The predicted octanol–water partition coefficient (Wildman–Crippen LogP) is 4.12. The van der Waals surface area contributed by atoms with Crippen LogP contribution in [0.15, 0.2) is 53.3 Å². The minimum absolute atomic E-state index is 0.195. The number of terminal acetylenes is 1. The van der Waals surface area contributed by atoms with Gasteiger partial charge in [-0.3, -0.25) is 14.6 Å². The van der Waals surface area contributed by atoms with Gasteiger partial charge in [0, 0.05) is 30.6 Å². The van der Waals surface area contributed by atoms with Crippen LogP contribution in [-0.2, 0) is 9.59 Å². The molecule has 1 aromatic carbocycles. The van der Waals surface area contributed by atoms with E-state index >= 15 is 0 Å². The molecule has 0 saturated heterocycles.